The number of Topliss-reactive ketones (excluding diaryl/α,β-unsaturated/α-hetero) is 2. The molecule has 0 aliphatic heterocycles. The minimum atomic E-state index is 0.0192. The van der Waals surface area contributed by atoms with Crippen LogP contribution in [0.5, 0.6) is 0 Å². The van der Waals surface area contributed by atoms with Gasteiger partial charge in [0, 0.05) is 19.6 Å². The van der Waals surface area contributed by atoms with Crippen LogP contribution in [0.15, 0.2) is 50.7 Å². The van der Waals surface area contributed by atoms with E-state index in [1.165, 1.54) is 35.2 Å². The van der Waals surface area contributed by atoms with Gasteiger partial charge in [0.2, 0.25) is 0 Å². The fourth-order valence-electron chi connectivity index (χ4n) is 1.63. The first-order valence-electron chi connectivity index (χ1n) is 7.21. The van der Waals surface area contributed by atoms with Crippen molar-refractivity contribution in [3.63, 3.8) is 0 Å². The highest BCUT2D eigenvalue weighted by Crippen LogP contribution is 2.28. The van der Waals surface area contributed by atoms with Crippen molar-refractivity contribution >= 4 is 61.9 Å². The Kier molecular flexibility index (Phi) is 7.95. The average molecular weight is 455 g/mol. The highest BCUT2D eigenvalue weighted by atomic mass is 79.9. The predicted octanol–water partition coefficient (Wildman–Crippen LogP) is 5.75. The molecular weight excluding hydrogens is 440 g/mol. The molecule has 0 atom stereocenters. The number of hydrogen-bond donors (Lipinski definition) is 0. The maximum Gasteiger partial charge on any atom is 0.188 e. The molecule has 0 bridgehead atoms. The third-order valence-corrected chi connectivity index (χ3v) is 6.73. The number of ketones is 2. The van der Waals surface area contributed by atoms with Gasteiger partial charge in [-0.2, -0.15) is 0 Å². The topological polar surface area (TPSA) is 59.9 Å². The van der Waals surface area contributed by atoms with E-state index in [9.17, 15) is 9.59 Å². The number of carbonyl (C=O) groups is 2. The molecule has 0 fully saturated rings. The molecule has 2 aromatic heterocycles. The predicted molar refractivity (Wildman–Crippen MR) is 108 cm³/mol. The first kappa shape index (κ1) is 20.0. The molecule has 0 radical (unpaired) electrons. The first-order valence-corrected chi connectivity index (χ1v) is 10.6. The second-order valence-corrected chi connectivity index (χ2v) is 9.56. The van der Waals surface area contributed by atoms with Crippen LogP contribution in [-0.2, 0) is 5.75 Å². The molecule has 3 rings (SSSR count). The molecule has 0 N–H and O–H groups in total. The van der Waals surface area contributed by atoms with Gasteiger partial charge in [-0.15, -0.1) is 34.4 Å². The van der Waals surface area contributed by atoms with Gasteiger partial charge < -0.3 is 0 Å². The molecule has 0 aliphatic carbocycles. The second-order valence-electron chi connectivity index (χ2n) is 4.84. The van der Waals surface area contributed by atoms with Crippen molar-refractivity contribution in [1.29, 1.82) is 0 Å². The lowest BCUT2D eigenvalue weighted by atomic mass is 10.2. The highest BCUT2D eigenvalue weighted by Gasteiger charge is 2.06. The van der Waals surface area contributed by atoms with Gasteiger partial charge in [0.25, 0.3) is 0 Å². The summed E-state index contributed by atoms with van der Waals surface area (Å²) in [6.45, 7) is 3.05. The molecule has 2 heterocycles. The average Bonchev–Trinajstić information content (AvgIpc) is 3.23. The summed E-state index contributed by atoms with van der Waals surface area (Å²) in [6, 6.07) is 10.3. The number of thiazole rings is 2. The van der Waals surface area contributed by atoms with Crippen LogP contribution in [0, 0.1) is 0 Å². The summed E-state index contributed by atoms with van der Waals surface area (Å²) in [4.78, 5) is 29.6. The number of rotatable bonds is 5. The van der Waals surface area contributed by atoms with Crippen molar-refractivity contribution in [2.75, 3.05) is 0 Å². The van der Waals surface area contributed by atoms with Crippen molar-refractivity contribution in [1.82, 2.24) is 9.97 Å². The number of carbonyl (C=O) groups excluding carboxylic acids is 2. The standard InChI is InChI=1S/C12H11NOS2.C5H4BrNOS/c1-9(14)12-13-7-11(16-12)15-8-10-5-3-2-4-6-10;1-3(8)5-7-2-4(6)9-5/h2-7H,8H2,1H3;2H,1H3. The maximum atomic E-state index is 11.1. The zero-order valence-electron chi connectivity index (χ0n) is 13.6. The number of halogens is 1. The number of thioether (sulfide) groups is 1. The van der Waals surface area contributed by atoms with Crippen LogP contribution in [-0.4, -0.2) is 21.5 Å². The van der Waals surface area contributed by atoms with Crippen molar-refractivity contribution < 1.29 is 9.59 Å². The summed E-state index contributed by atoms with van der Waals surface area (Å²) in [7, 11) is 0. The molecule has 0 amide bonds. The summed E-state index contributed by atoms with van der Waals surface area (Å²) >= 11 is 7.73. The molecule has 3 aromatic rings. The Morgan fingerprint density at radius 2 is 1.60 bits per heavy atom. The van der Waals surface area contributed by atoms with Gasteiger partial charge in [-0.1, -0.05) is 30.3 Å². The Bertz CT molecular complexity index is 846. The van der Waals surface area contributed by atoms with E-state index in [0.29, 0.717) is 10.0 Å². The molecular formula is C17H15BrN2O2S3. The van der Waals surface area contributed by atoms with E-state index < -0.39 is 0 Å². The molecule has 0 spiro atoms. The van der Waals surface area contributed by atoms with Crippen molar-refractivity contribution in [2.45, 2.75) is 23.8 Å². The van der Waals surface area contributed by atoms with Gasteiger partial charge in [0.15, 0.2) is 21.6 Å². The summed E-state index contributed by atoms with van der Waals surface area (Å²) < 4.78 is 1.99. The van der Waals surface area contributed by atoms with Crippen molar-refractivity contribution in [3.8, 4) is 0 Å². The molecule has 0 unspecified atom stereocenters. The molecule has 8 heteroatoms. The summed E-state index contributed by atoms with van der Waals surface area (Å²) in [6.07, 6.45) is 3.40. The summed E-state index contributed by atoms with van der Waals surface area (Å²) in [5.74, 6) is 0.975. The highest BCUT2D eigenvalue weighted by molar-refractivity contribution is 9.11. The Balaban J connectivity index is 0.000000212. The summed E-state index contributed by atoms with van der Waals surface area (Å²) in [5, 5.41) is 1.15. The van der Waals surface area contributed by atoms with Crippen molar-refractivity contribution in [3.05, 3.63) is 62.1 Å². The molecule has 25 heavy (non-hydrogen) atoms. The monoisotopic (exact) mass is 454 g/mol. The van der Waals surface area contributed by atoms with Crippen LogP contribution in [0.4, 0.5) is 0 Å². The molecule has 1 aromatic carbocycles. The lowest BCUT2D eigenvalue weighted by Crippen LogP contribution is -1.87. The van der Waals surface area contributed by atoms with Gasteiger partial charge in [-0.05, 0) is 21.5 Å². The first-order chi connectivity index (χ1) is 12.0. The number of hydrogen-bond acceptors (Lipinski definition) is 7. The van der Waals surface area contributed by atoms with Gasteiger partial charge in [-0.3, -0.25) is 9.59 Å². The Labute approximate surface area is 166 Å². The zero-order chi connectivity index (χ0) is 18.2. The molecule has 130 valence electrons. The number of nitrogens with zero attached hydrogens (tertiary/aromatic N) is 2. The van der Waals surface area contributed by atoms with Crippen LogP contribution in [0.2, 0.25) is 0 Å². The number of aromatic nitrogens is 2. The number of benzene rings is 1. The molecule has 0 saturated carbocycles. The van der Waals surface area contributed by atoms with Crippen LogP contribution < -0.4 is 0 Å². The summed E-state index contributed by atoms with van der Waals surface area (Å²) in [5.41, 5.74) is 1.28. The second kappa shape index (κ2) is 9.96. The smallest absolute Gasteiger partial charge is 0.188 e. The Morgan fingerprint density at radius 3 is 2.08 bits per heavy atom. The third-order valence-electron chi connectivity index (χ3n) is 2.79. The largest absolute Gasteiger partial charge is 0.292 e. The fourth-order valence-corrected chi connectivity index (χ4v) is 4.56. The van der Waals surface area contributed by atoms with Gasteiger partial charge in [-0.25, -0.2) is 9.97 Å². The van der Waals surface area contributed by atoms with E-state index in [0.717, 1.165) is 13.7 Å². The van der Waals surface area contributed by atoms with Crippen molar-refractivity contribution in [2.24, 2.45) is 0 Å². The molecule has 0 saturated heterocycles. The van der Waals surface area contributed by atoms with Crippen LogP contribution in [0.25, 0.3) is 0 Å². The van der Waals surface area contributed by atoms with E-state index in [1.54, 1.807) is 31.1 Å². The van der Waals surface area contributed by atoms with Crippen LogP contribution >= 0.6 is 50.4 Å². The third kappa shape index (κ3) is 6.81. The SMILES string of the molecule is CC(=O)c1ncc(Br)s1.CC(=O)c1ncc(SCc2ccccc2)s1. The normalized spacial score (nSPS) is 10.0. The van der Waals surface area contributed by atoms with E-state index >= 15 is 0 Å². The lowest BCUT2D eigenvalue weighted by Gasteiger charge is -1.97. The van der Waals surface area contributed by atoms with Crippen LogP contribution in [0.1, 0.15) is 39.0 Å². The van der Waals surface area contributed by atoms with E-state index in [2.05, 4.69) is 38.0 Å². The lowest BCUT2D eigenvalue weighted by molar-refractivity contribution is 0.100. The quantitative estimate of drug-likeness (QED) is 0.362. The van der Waals surface area contributed by atoms with Gasteiger partial charge in [0.05, 0.1) is 20.4 Å². The molecule has 0 aliphatic rings. The zero-order valence-corrected chi connectivity index (χ0v) is 17.6. The van der Waals surface area contributed by atoms with E-state index in [-0.39, 0.29) is 11.6 Å². The maximum absolute atomic E-state index is 11.1. The minimum absolute atomic E-state index is 0.0192. The van der Waals surface area contributed by atoms with Gasteiger partial charge >= 0.3 is 0 Å². The Hall–Kier alpha value is -1.35. The van der Waals surface area contributed by atoms with Crippen LogP contribution in [0.3, 0.4) is 0 Å². The van der Waals surface area contributed by atoms with E-state index in [4.69, 9.17) is 0 Å². The van der Waals surface area contributed by atoms with E-state index in [1.807, 2.05) is 18.2 Å². The molecule has 4 nitrogen and oxygen atoms in total. The van der Waals surface area contributed by atoms with Gasteiger partial charge in [0.1, 0.15) is 0 Å². The Morgan fingerprint density at radius 1 is 1.00 bits per heavy atom. The fraction of sp³-hybridized carbons (Fsp3) is 0.176. The minimum Gasteiger partial charge on any atom is -0.292 e.